The molecule has 0 aromatic carbocycles. The average molecular weight is 200 g/mol. The van der Waals surface area contributed by atoms with Crippen molar-refractivity contribution >= 4 is 5.78 Å². The van der Waals surface area contributed by atoms with E-state index in [2.05, 4.69) is 13.8 Å². The lowest BCUT2D eigenvalue weighted by molar-refractivity contribution is -0.120. The Hall–Kier alpha value is -0.370. The van der Waals surface area contributed by atoms with Gasteiger partial charge in [0, 0.05) is 20.0 Å². The van der Waals surface area contributed by atoms with Crippen LogP contribution in [0.1, 0.15) is 52.9 Å². The van der Waals surface area contributed by atoms with E-state index < -0.39 is 0 Å². The van der Waals surface area contributed by atoms with E-state index in [-0.39, 0.29) is 6.10 Å². The van der Waals surface area contributed by atoms with Crippen LogP contribution < -0.4 is 0 Å². The van der Waals surface area contributed by atoms with E-state index in [1.165, 1.54) is 0 Å². The van der Waals surface area contributed by atoms with E-state index in [9.17, 15) is 4.79 Å². The van der Waals surface area contributed by atoms with Gasteiger partial charge in [-0.15, -0.1) is 0 Å². The van der Waals surface area contributed by atoms with E-state index in [4.69, 9.17) is 4.74 Å². The Morgan fingerprint density at radius 3 is 2.29 bits per heavy atom. The normalized spacial score (nSPS) is 13.2. The number of methoxy groups -OCH3 is 1. The Kier molecular flexibility index (Phi) is 7.77. The molecule has 1 unspecified atom stereocenters. The largest absolute Gasteiger partial charge is 0.382 e. The van der Waals surface area contributed by atoms with Crippen molar-refractivity contribution in [3.8, 4) is 0 Å². The number of ketones is 1. The number of hydrogen-bond donors (Lipinski definition) is 0. The molecule has 0 aliphatic heterocycles. The Balaban J connectivity index is 3.64. The zero-order chi connectivity index (χ0) is 11.0. The van der Waals surface area contributed by atoms with Gasteiger partial charge in [-0.3, -0.25) is 4.79 Å². The summed E-state index contributed by atoms with van der Waals surface area (Å²) in [6.07, 6.45) is 4.72. The first-order valence-corrected chi connectivity index (χ1v) is 5.68. The second kappa shape index (κ2) is 7.98. The first-order chi connectivity index (χ1) is 6.63. The molecule has 0 rings (SSSR count). The van der Waals surface area contributed by atoms with Gasteiger partial charge in [-0.05, 0) is 19.3 Å². The van der Waals surface area contributed by atoms with E-state index >= 15 is 0 Å². The molecule has 84 valence electrons. The fourth-order valence-corrected chi connectivity index (χ4v) is 1.48. The van der Waals surface area contributed by atoms with Crippen molar-refractivity contribution < 1.29 is 9.53 Å². The van der Waals surface area contributed by atoms with Crippen LogP contribution in [-0.2, 0) is 9.53 Å². The molecule has 1 atom stereocenters. The Morgan fingerprint density at radius 2 is 1.86 bits per heavy atom. The Morgan fingerprint density at radius 1 is 1.29 bits per heavy atom. The average Bonchev–Trinajstić information content (AvgIpc) is 2.22. The summed E-state index contributed by atoms with van der Waals surface area (Å²) in [7, 11) is 1.69. The smallest absolute Gasteiger partial charge is 0.133 e. The van der Waals surface area contributed by atoms with Gasteiger partial charge in [-0.2, -0.15) is 0 Å². The van der Waals surface area contributed by atoms with Gasteiger partial charge in [0.2, 0.25) is 0 Å². The highest BCUT2D eigenvalue weighted by Gasteiger charge is 2.11. The van der Waals surface area contributed by atoms with Crippen LogP contribution in [0.5, 0.6) is 0 Å². The fourth-order valence-electron chi connectivity index (χ4n) is 1.48. The number of Topliss-reactive ketones (excluding diaryl/α,β-unsaturated/α-hetero) is 1. The second-order valence-electron chi connectivity index (χ2n) is 4.01. The van der Waals surface area contributed by atoms with Crippen molar-refractivity contribution in [1.82, 2.24) is 0 Å². The summed E-state index contributed by atoms with van der Waals surface area (Å²) in [5.41, 5.74) is 0. The lowest BCUT2D eigenvalue weighted by Crippen LogP contribution is -2.11. The number of rotatable bonds is 8. The van der Waals surface area contributed by atoms with Gasteiger partial charge in [0.1, 0.15) is 5.78 Å². The molecule has 0 heterocycles. The lowest BCUT2D eigenvalue weighted by Gasteiger charge is -2.12. The predicted octanol–water partition coefficient (Wildman–Crippen LogP) is 3.20. The maximum atomic E-state index is 11.5. The molecule has 2 heteroatoms. The van der Waals surface area contributed by atoms with Crippen molar-refractivity contribution in [3.05, 3.63) is 0 Å². The standard InChI is InChI=1S/C12H24O2/c1-5-11(6-2)9-12(13)8-7-10(3)14-4/h10-11H,5-9H2,1-4H3. The van der Waals surface area contributed by atoms with Crippen LogP contribution >= 0.6 is 0 Å². The fraction of sp³-hybridized carbons (Fsp3) is 0.917. The van der Waals surface area contributed by atoms with Gasteiger partial charge < -0.3 is 4.74 Å². The van der Waals surface area contributed by atoms with Crippen LogP contribution in [0.15, 0.2) is 0 Å². The molecule has 0 fully saturated rings. The molecule has 0 amide bonds. The van der Waals surface area contributed by atoms with Gasteiger partial charge >= 0.3 is 0 Å². The molecule has 0 saturated heterocycles. The molecule has 0 N–H and O–H groups in total. The van der Waals surface area contributed by atoms with E-state index in [1.807, 2.05) is 6.92 Å². The molecule has 0 radical (unpaired) electrons. The van der Waals surface area contributed by atoms with Crippen molar-refractivity contribution in [3.63, 3.8) is 0 Å². The molecule has 2 nitrogen and oxygen atoms in total. The molecule has 0 aromatic rings. The predicted molar refractivity (Wildman–Crippen MR) is 59.4 cm³/mol. The summed E-state index contributed by atoms with van der Waals surface area (Å²) < 4.78 is 5.11. The van der Waals surface area contributed by atoms with Crippen molar-refractivity contribution in [2.45, 2.75) is 59.0 Å². The zero-order valence-electron chi connectivity index (χ0n) is 10.0. The monoisotopic (exact) mass is 200 g/mol. The molecule has 0 saturated carbocycles. The molecule has 0 bridgehead atoms. The Labute approximate surface area is 88.0 Å². The third-order valence-electron chi connectivity index (χ3n) is 2.90. The van der Waals surface area contributed by atoms with E-state index in [1.54, 1.807) is 7.11 Å². The summed E-state index contributed by atoms with van der Waals surface area (Å²) in [6.45, 7) is 6.31. The minimum atomic E-state index is 0.209. The van der Waals surface area contributed by atoms with Crippen molar-refractivity contribution in [2.24, 2.45) is 5.92 Å². The summed E-state index contributed by atoms with van der Waals surface area (Å²) in [5, 5.41) is 0. The molecule has 0 spiro atoms. The maximum absolute atomic E-state index is 11.5. The van der Waals surface area contributed by atoms with Crippen LogP contribution in [-0.4, -0.2) is 19.0 Å². The number of hydrogen-bond acceptors (Lipinski definition) is 2. The van der Waals surface area contributed by atoms with E-state index in [0.29, 0.717) is 18.1 Å². The first-order valence-electron chi connectivity index (χ1n) is 5.68. The number of carbonyl (C=O) groups is 1. The summed E-state index contributed by atoms with van der Waals surface area (Å²) in [4.78, 5) is 11.5. The highest BCUT2D eigenvalue weighted by molar-refractivity contribution is 5.78. The molecule has 0 aliphatic rings. The molecular formula is C12H24O2. The van der Waals surface area contributed by atoms with Crippen LogP contribution in [0.25, 0.3) is 0 Å². The van der Waals surface area contributed by atoms with Crippen LogP contribution in [0.3, 0.4) is 0 Å². The van der Waals surface area contributed by atoms with Gasteiger partial charge in [0.15, 0.2) is 0 Å². The zero-order valence-corrected chi connectivity index (χ0v) is 10.0. The Bertz CT molecular complexity index is 150. The summed E-state index contributed by atoms with van der Waals surface area (Å²) >= 11 is 0. The summed E-state index contributed by atoms with van der Waals surface area (Å²) in [5.74, 6) is 0.975. The molecule has 0 aromatic heterocycles. The summed E-state index contributed by atoms with van der Waals surface area (Å²) in [6, 6.07) is 0. The minimum absolute atomic E-state index is 0.209. The topological polar surface area (TPSA) is 26.3 Å². The second-order valence-corrected chi connectivity index (χ2v) is 4.01. The third-order valence-corrected chi connectivity index (χ3v) is 2.90. The van der Waals surface area contributed by atoms with Gasteiger partial charge in [0.05, 0.1) is 6.10 Å². The van der Waals surface area contributed by atoms with Crippen LogP contribution in [0.2, 0.25) is 0 Å². The lowest BCUT2D eigenvalue weighted by atomic mass is 9.95. The number of carbonyl (C=O) groups excluding carboxylic acids is 1. The van der Waals surface area contributed by atoms with Crippen molar-refractivity contribution in [1.29, 1.82) is 0 Å². The quantitative estimate of drug-likeness (QED) is 0.601. The van der Waals surface area contributed by atoms with E-state index in [0.717, 1.165) is 25.7 Å². The van der Waals surface area contributed by atoms with Gasteiger partial charge in [0.25, 0.3) is 0 Å². The molecular weight excluding hydrogens is 176 g/mol. The van der Waals surface area contributed by atoms with Crippen LogP contribution in [0, 0.1) is 5.92 Å². The molecule has 0 aliphatic carbocycles. The van der Waals surface area contributed by atoms with Crippen LogP contribution in [0.4, 0.5) is 0 Å². The minimum Gasteiger partial charge on any atom is -0.382 e. The first kappa shape index (κ1) is 13.6. The highest BCUT2D eigenvalue weighted by Crippen LogP contribution is 2.15. The number of ether oxygens (including phenoxy) is 1. The van der Waals surface area contributed by atoms with Gasteiger partial charge in [-0.25, -0.2) is 0 Å². The third kappa shape index (κ3) is 6.14. The maximum Gasteiger partial charge on any atom is 0.133 e. The van der Waals surface area contributed by atoms with Gasteiger partial charge in [-0.1, -0.05) is 26.7 Å². The highest BCUT2D eigenvalue weighted by atomic mass is 16.5. The SMILES string of the molecule is CCC(CC)CC(=O)CCC(C)OC. The van der Waals surface area contributed by atoms with Crippen molar-refractivity contribution in [2.75, 3.05) is 7.11 Å². The molecule has 14 heavy (non-hydrogen) atoms.